The van der Waals surface area contributed by atoms with Crippen LogP contribution in [0.1, 0.15) is 42.6 Å². The van der Waals surface area contributed by atoms with E-state index in [0.717, 1.165) is 13.0 Å². The van der Waals surface area contributed by atoms with Crippen molar-refractivity contribution in [3.63, 3.8) is 0 Å². The molecule has 0 spiro atoms. The molecule has 1 saturated heterocycles. The smallest absolute Gasteiger partial charge is 0.185 e. The average molecular weight is 248 g/mol. The predicted molar refractivity (Wildman–Crippen MR) is 70.0 cm³/mol. The zero-order valence-corrected chi connectivity index (χ0v) is 10.8. The number of aromatic nitrogens is 1. The van der Waals surface area contributed by atoms with E-state index in [0.29, 0.717) is 23.9 Å². The lowest BCUT2D eigenvalue weighted by Gasteiger charge is -2.22. The number of pyridine rings is 1. The Morgan fingerprint density at radius 3 is 3.17 bits per heavy atom. The Labute approximate surface area is 108 Å². The van der Waals surface area contributed by atoms with Gasteiger partial charge in [-0.2, -0.15) is 0 Å². The van der Waals surface area contributed by atoms with Crippen LogP contribution in [0.5, 0.6) is 5.75 Å². The van der Waals surface area contributed by atoms with Crippen molar-refractivity contribution in [2.45, 2.75) is 38.1 Å². The van der Waals surface area contributed by atoms with Crippen LogP contribution in [0.15, 0.2) is 18.3 Å². The summed E-state index contributed by atoms with van der Waals surface area (Å²) in [5, 5.41) is 3.45. The van der Waals surface area contributed by atoms with E-state index in [9.17, 15) is 4.79 Å². The van der Waals surface area contributed by atoms with Crippen molar-refractivity contribution < 1.29 is 9.53 Å². The third-order valence-corrected chi connectivity index (χ3v) is 3.39. The number of hydrogen-bond donors (Lipinski definition) is 1. The molecule has 98 valence electrons. The van der Waals surface area contributed by atoms with Gasteiger partial charge in [-0.1, -0.05) is 6.42 Å². The lowest BCUT2D eigenvalue weighted by atomic mass is 9.98. The first-order valence-corrected chi connectivity index (χ1v) is 6.57. The molecule has 1 aromatic rings. The standard InChI is InChI=1S/C14H20N2O2/c1-18-13-6-4-10-16-14(13)12(17)8-7-11-5-2-3-9-15-11/h4,6,10-11,15H,2-3,5,7-9H2,1H3. The fourth-order valence-corrected chi connectivity index (χ4v) is 2.36. The molecule has 0 aromatic carbocycles. The van der Waals surface area contributed by atoms with Crippen LogP contribution in [0.4, 0.5) is 0 Å². The van der Waals surface area contributed by atoms with Crippen molar-refractivity contribution in [1.29, 1.82) is 0 Å². The van der Waals surface area contributed by atoms with Gasteiger partial charge in [-0.15, -0.1) is 0 Å². The summed E-state index contributed by atoms with van der Waals surface area (Å²) in [5.74, 6) is 0.638. The monoisotopic (exact) mass is 248 g/mol. The van der Waals surface area contributed by atoms with E-state index in [-0.39, 0.29) is 5.78 Å². The number of rotatable bonds is 5. The molecule has 2 heterocycles. The van der Waals surface area contributed by atoms with E-state index >= 15 is 0 Å². The predicted octanol–water partition coefficient (Wildman–Crippen LogP) is 2.20. The van der Waals surface area contributed by atoms with Crippen LogP contribution < -0.4 is 10.1 Å². The molecular weight excluding hydrogens is 228 g/mol. The molecular formula is C14H20N2O2. The highest BCUT2D eigenvalue weighted by atomic mass is 16.5. The number of piperidine rings is 1. The third-order valence-electron chi connectivity index (χ3n) is 3.39. The quantitative estimate of drug-likeness (QED) is 0.812. The molecule has 0 amide bonds. The Morgan fingerprint density at radius 1 is 1.56 bits per heavy atom. The largest absolute Gasteiger partial charge is 0.494 e. The molecule has 1 N–H and O–H groups in total. The number of carbonyl (C=O) groups is 1. The van der Waals surface area contributed by atoms with E-state index in [2.05, 4.69) is 10.3 Å². The summed E-state index contributed by atoms with van der Waals surface area (Å²) in [6, 6.07) is 4.04. The number of nitrogens with zero attached hydrogens (tertiary/aromatic N) is 1. The summed E-state index contributed by atoms with van der Waals surface area (Å²) in [4.78, 5) is 16.2. The number of methoxy groups -OCH3 is 1. The molecule has 1 aliphatic heterocycles. The second-order valence-electron chi connectivity index (χ2n) is 4.66. The first-order chi connectivity index (χ1) is 8.81. The second kappa shape index (κ2) is 6.50. The van der Waals surface area contributed by atoms with Crippen LogP contribution >= 0.6 is 0 Å². The van der Waals surface area contributed by atoms with Crippen LogP contribution in [0.3, 0.4) is 0 Å². The van der Waals surface area contributed by atoms with Gasteiger partial charge in [-0.05, 0) is 37.9 Å². The molecule has 1 aromatic heterocycles. The summed E-state index contributed by atoms with van der Waals surface area (Å²) in [6.07, 6.45) is 6.74. The minimum atomic E-state index is 0.0693. The van der Waals surface area contributed by atoms with E-state index in [1.165, 1.54) is 19.3 Å². The fourth-order valence-electron chi connectivity index (χ4n) is 2.36. The highest BCUT2D eigenvalue weighted by Gasteiger charge is 2.17. The summed E-state index contributed by atoms with van der Waals surface area (Å²) in [5.41, 5.74) is 0.454. The zero-order chi connectivity index (χ0) is 12.8. The Morgan fingerprint density at radius 2 is 2.44 bits per heavy atom. The molecule has 1 aliphatic rings. The van der Waals surface area contributed by atoms with E-state index in [1.54, 1.807) is 25.4 Å². The van der Waals surface area contributed by atoms with Crippen LogP contribution in [0, 0.1) is 0 Å². The van der Waals surface area contributed by atoms with Crippen molar-refractivity contribution in [3.8, 4) is 5.75 Å². The van der Waals surface area contributed by atoms with Gasteiger partial charge in [0.1, 0.15) is 11.4 Å². The Hall–Kier alpha value is -1.42. The normalized spacial score (nSPS) is 19.5. The van der Waals surface area contributed by atoms with Crippen LogP contribution in [0.2, 0.25) is 0 Å². The lowest BCUT2D eigenvalue weighted by Crippen LogP contribution is -2.34. The summed E-state index contributed by atoms with van der Waals surface area (Å²) in [7, 11) is 1.57. The van der Waals surface area contributed by atoms with E-state index in [1.807, 2.05) is 0 Å². The van der Waals surface area contributed by atoms with E-state index in [4.69, 9.17) is 4.74 Å². The molecule has 0 bridgehead atoms. The van der Waals surface area contributed by atoms with Gasteiger partial charge in [-0.3, -0.25) is 4.79 Å². The van der Waals surface area contributed by atoms with E-state index < -0.39 is 0 Å². The van der Waals surface area contributed by atoms with Gasteiger partial charge in [0.25, 0.3) is 0 Å². The van der Waals surface area contributed by atoms with Gasteiger partial charge in [0.05, 0.1) is 7.11 Å². The van der Waals surface area contributed by atoms with Gasteiger partial charge in [0.15, 0.2) is 5.78 Å². The fraction of sp³-hybridized carbons (Fsp3) is 0.571. The molecule has 1 unspecified atom stereocenters. The molecule has 2 rings (SSSR count). The molecule has 0 aliphatic carbocycles. The highest BCUT2D eigenvalue weighted by Crippen LogP contribution is 2.19. The molecule has 1 fully saturated rings. The van der Waals surface area contributed by atoms with Gasteiger partial charge >= 0.3 is 0 Å². The van der Waals surface area contributed by atoms with Crippen molar-refractivity contribution >= 4 is 5.78 Å². The minimum Gasteiger partial charge on any atom is -0.494 e. The van der Waals surface area contributed by atoms with Crippen molar-refractivity contribution in [2.75, 3.05) is 13.7 Å². The Kier molecular flexibility index (Phi) is 4.70. The maximum absolute atomic E-state index is 12.1. The van der Waals surface area contributed by atoms with Crippen molar-refractivity contribution in [3.05, 3.63) is 24.0 Å². The number of carbonyl (C=O) groups excluding carboxylic acids is 1. The molecule has 1 atom stereocenters. The Bertz CT molecular complexity index is 401. The number of hydrogen-bond acceptors (Lipinski definition) is 4. The molecule has 4 nitrogen and oxygen atoms in total. The minimum absolute atomic E-state index is 0.0693. The van der Waals surface area contributed by atoms with Gasteiger partial charge in [0, 0.05) is 18.7 Å². The first-order valence-electron chi connectivity index (χ1n) is 6.57. The van der Waals surface area contributed by atoms with Gasteiger partial charge in [-0.25, -0.2) is 4.98 Å². The Balaban J connectivity index is 1.90. The van der Waals surface area contributed by atoms with Gasteiger partial charge < -0.3 is 10.1 Å². The van der Waals surface area contributed by atoms with Crippen LogP contribution in [-0.2, 0) is 0 Å². The topological polar surface area (TPSA) is 51.2 Å². The first kappa shape index (κ1) is 13.0. The third kappa shape index (κ3) is 3.29. The molecule has 18 heavy (non-hydrogen) atoms. The molecule has 4 heteroatoms. The maximum atomic E-state index is 12.1. The second-order valence-corrected chi connectivity index (χ2v) is 4.66. The highest BCUT2D eigenvalue weighted by molar-refractivity contribution is 5.96. The number of ether oxygens (including phenoxy) is 1. The van der Waals surface area contributed by atoms with Crippen LogP contribution in [-0.4, -0.2) is 30.5 Å². The number of ketones is 1. The van der Waals surface area contributed by atoms with Gasteiger partial charge in [0.2, 0.25) is 0 Å². The molecule has 0 radical (unpaired) electrons. The SMILES string of the molecule is COc1cccnc1C(=O)CCC1CCCCN1. The van der Waals surface area contributed by atoms with Crippen LogP contribution in [0.25, 0.3) is 0 Å². The maximum Gasteiger partial charge on any atom is 0.185 e. The average Bonchev–Trinajstić information content (AvgIpc) is 2.45. The number of nitrogens with one attached hydrogen (secondary N) is 1. The number of Topliss-reactive ketones (excluding diaryl/α,β-unsaturated/α-hetero) is 1. The van der Waals surface area contributed by atoms with Crippen molar-refractivity contribution in [1.82, 2.24) is 10.3 Å². The summed E-state index contributed by atoms with van der Waals surface area (Å²) in [6.45, 7) is 1.08. The molecule has 0 saturated carbocycles. The summed E-state index contributed by atoms with van der Waals surface area (Å²) < 4.78 is 5.16. The zero-order valence-electron chi connectivity index (χ0n) is 10.8. The van der Waals surface area contributed by atoms with Crippen molar-refractivity contribution in [2.24, 2.45) is 0 Å². The lowest BCUT2D eigenvalue weighted by molar-refractivity contribution is 0.0966. The summed E-state index contributed by atoms with van der Waals surface area (Å²) >= 11 is 0.